The Morgan fingerprint density at radius 2 is 1.92 bits per heavy atom. The van der Waals surface area contributed by atoms with E-state index in [1.807, 2.05) is 24.0 Å². The van der Waals surface area contributed by atoms with Crippen LogP contribution in [0.1, 0.15) is 6.92 Å². The topological polar surface area (TPSA) is 34.1 Å². The molecule has 0 aliphatic rings. The van der Waals surface area contributed by atoms with Crippen LogP contribution in [0.25, 0.3) is 0 Å². The van der Waals surface area contributed by atoms with Gasteiger partial charge in [0.05, 0.1) is 5.75 Å². The van der Waals surface area contributed by atoms with E-state index in [2.05, 4.69) is 0 Å². The second-order valence-electron chi connectivity index (χ2n) is 2.29. The van der Waals surface area contributed by atoms with Crippen LogP contribution < -0.4 is 13.6 Å². The average molecular weight is 188 g/mol. The minimum absolute atomic E-state index is 0.494. The molecule has 1 aromatic heterocycles. The summed E-state index contributed by atoms with van der Waals surface area (Å²) in [5.74, 6) is 0.494. The maximum atomic E-state index is 10.9. The minimum Gasteiger partial charge on any atom is -0.210 e. The van der Waals surface area contributed by atoms with Crippen LogP contribution in [0.15, 0.2) is 24.8 Å². The quantitative estimate of drug-likeness (QED) is 0.565. The van der Waals surface area contributed by atoms with E-state index in [1.165, 1.54) is 4.73 Å². The molecular formula is C7H12N2O2S+2. The van der Waals surface area contributed by atoms with Crippen molar-refractivity contribution in [2.24, 2.45) is 7.05 Å². The Kier molecular flexibility index (Phi) is 3.16. The van der Waals surface area contributed by atoms with Crippen molar-refractivity contribution in [1.29, 1.82) is 0 Å². The zero-order chi connectivity index (χ0) is 8.97. The van der Waals surface area contributed by atoms with E-state index in [9.17, 15) is 4.21 Å². The van der Waals surface area contributed by atoms with Crippen molar-refractivity contribution in [3.8, 4) is 0 Å². The third-order valence-corrected chi connectivity index (χ3v) is 2.11. The maximum absolute atomic E-state index is 10.9. The van der Waals surface area contributed by atoms with E-state index < -0.39 is 11.1 Å². The van der Waals surface area contributed by atoms with Gasteiger partial charge in [-0.3, -0.25) is 0 Å². The Balaban J connectivity index is 2.64. The van der Waals surface area contributed by atoms with Crippen molar-refractivity contribution in [2.75, 3.05) is 5.75 Å². The second kappa shape index (κ2) is 4.15. The van der Waals surface area contributed by atoms with Crippen molar-refractivity contribution in [2.45, 2.75) is 6.92 Å². The summed E-state index contributed by atoms with van der Waals surface area (Å²) in [6.07, 6.45) is 7.03. The van der Waals surface area contributed by atoms with Crippen molar-refractivity contribution in [3.05, 3.63) is 24.8 Å². The van der Waals surface area contributed by atoms with E-state index in [0.717, 1.165) is 0 Å². The summed E-state index contributed by atoms with van der Waals surface area (Å²) in [4.78, 5) is 0. The third-order valence-electron chi connectivity index (χ3n) is 1.30. The molecule has 66 valence electrons. The van der Waals surface area contributed by atoms with Gasteiger partial charge in [0.15, 0.2) is 0 Å². The highest BCUT2D eigenvalue weighted by Crippen LogP contribution is 1.73. The zero-order valence-corrected chi connectivity index (χ0v) is 7.95. The highest BCUT2D eigenvalue weighted by Gasteiger charge is 2.07. The fraction of sp³-hybridized carbons (Fsp3) is 0.429. The van der Waals surface area contributed by atoms with Gasteiger partial charge in [-0.25, -0.2) is 4.21 Å². The molecule has 0 saturated carbocycles. The highest BCUT2D eigenvalue weighted by atomic mass is 32.2. The van der Waals surface area contributed by atoms with Gasteiger partial charge in [0.25, 0.3) is 23.5 Å². The van der Waals surface area contributed by atoms with Gasteiger partial charge in [0, 0.05) is 4.73 Å². The lowest BCUT2D eigenvalue weighted by Gasteiger charge is -1.91. The largest absolute Gasteiger partial charge is 0.287 e. The summed E-state index contributed by atoms with van der Waals surface area (Å²) in [6, 6.07) is 0. The molecule has 1 rings (SSSR count). The number of hydrogen-bond acceptors (Lipinski definition) is 2. The molecule has 1 atom stereocenters. The summed E-state index contributed by atoms with van der Waals surface area (Å²) < 4.78 is 19.2. The van der Waals surface area contributed by atoms with Crippen molar-refractivity contribution in [3.63, 3.8) is 0 Å². The van der Waals surface area contributed by atoms with E-state index in [-0.39, 0.29) is 0 Å². The van der Waals surface area contributed by atoms with Gasteiger partial charge in [-0.05, 0) is 0 Å². The molecule has 0 saturated heterocycles. The molecule has 0 N–H and O–H groups in total. The smallest absolute Gasteiger partial charge is 0.210 e. The number of hydrogen-bond donors (Lipinski definition) is 0. The van der Waals surface area contributed by atoms with E-state index >= 15 is 0 Å². The molecule has 1 heterocycles. The molecule has 0 aromatic carbocycles. The number of aryl methyl sites for hydroxylation is 1. The highest BCUT2D eigenvalue weighted by molar-refractivity contribution is 7.80. The summed E-state index contributed by atoms with van der Waals surface area (Å²) in [6.45, 7) is 1.81. The summed E-state index contributed by atoms with van der Waals surface area (Å²) >= 11 is -1.23. The van der Waals surface area contributed by atoms with Crippen LogP contribution in [0.4, 0.5) is 0 Å². The third kappa shape index (κ3) is 2.58. The Bertz CT molecular complexity index is 273. The van der Waals surface area contributed by atoms with E-state index in [0.29, 0.717) is 5.75 Å². The first-order valence-electron chi connectivity index (χ1n) is 3.66. The predicted molar refractivity (Wildman–Crippen MR) is 43.1 cm³/mol. The molecule has 12 heavy (non-hydrogen) atoms. The van der Waals surface area contributed by atoms with Crippen molar-refractivity contribution in [1.82, 2.24) is 0 Å². The lowest BCUT2D eigenvalue weighted by Crippen LogP contribution is -2.46. The Morgan fingerprint density at radius 1 is 1.33 bits per heavy atom. The van der Waals surface area contributed by atoms with E-state index in [4.69, 9.17) is 4.28 Å². The standard InChI is InChI=1S/C7H12N2O2S/c1-3-12(10)11-9-6-4-8(2)5-7-9/h4-7H,3H2,1-2H3/q+2. The molecule has 0 spiro atoms. The van der Waals surface area contributed by atoms with Gasteiger partial charge < -0.3 is 0 Å². The number of aromatic nitrogens is 2. The van der Waals surface area contributed by atoms with Crippen LogP contribution in [0.2, 0.25) is 0 Å². The van der Waals surface area contributed by atoms with Crippen LogP contribution >= 0.6 is 0 Å². The molecular weight excluding hydrogens is 176 g/mol. The first kappa shape index (κ1) is 9.12. The monoisotopic (exact) mass is 188 g/mol. The molecule has 0 aliphatic heterocycles. The van der Waals surface area contributed by atoms with Crippen molar-refractivity contribution >= 4 is 11.1 Å². The van der Waals surface area contributed by atoms with E-state index in [1.54, 1.807) is 19.3 Å². The molecule has 0 radical (unpaired) electrons. The summed E-state index contributed by atoms with van der Waals surface area (Å²) in [5.41, 5.74) is 0. The fourth-order valence-corrected chi connectivity index (χ4v) is 1.04. The SMILES string of the molecule is CCS(=O)O[n+]1cc[n+](C)cc1. The van der Waals surface area contributed by atoms with Crippen molar-refractivity contribution < 1.29 is 17.8 Å². The lowest BCUT2D eigenvalue weighted by molar-refractivity contribution is -0.867. The molecule has 1 aromatic rings. The zero-order valence-electron chi connectivity index (χ0n) is 7.14. The number of nitrogens with zero attached hydrogens (tertiary/aromatic N) is 2. The average Bonchev–Trinajstić information content (AvgIpc) is 2.09. The summed E-state index contributed by atoms with van der Waals surface area (Å²) in [5, 5.41) is 0. The fourth-order valence-electron chi connectivity index (χ4n) is 0.639. The van der Waals surface area contributed by atoms with Crippen LogP contribution in [0.5, 0.6) is 0 Å². The van der Waals surface area contributed by atoms with Gasteiger partial charge in [-0.1, -0.05) is 6.92 Å². The molecule has 5 heteroatoms. The van der Waals surface area contributed by atoms with Crippen LogP contribution in [-0.4, -0.2) is 9.96 Å². The number of rotatable bonds is 3. The second-order valence-corrected chi connectivity index (χ2v) is 3.62. The summed E-state index contributed by atoms with van der Waals surface area (Å²) in [7, 11) is 1.90. The molecule has 4 nitrogen and oxygen atoms in total. The molecule has 0 aliphatic carbocycles. The molecule has 0 fully saturated rings. The van der Waals surface area contributed by atoms with Gasteiger partial charge in [-0.2, -0.15) is 8.85 Å². The first-order valence-corrected chi connectivity index (χ1v) is 4.90. The maximum Gasteiger partial charge on any atom is 0.287 e. The van der Waals surface area contributed by atoms with Crippen LogP contribution in [-0.2, 0) is 18.1 Å². The Labute approximate surface area is 74.0 Å². The Morgan fingerprint density at radius 3 is 2.42 bits per heavy atom. The van der Waals surface area contributed by atoms with Crippen LogP contribution in [0.3, 0.4) is 0 Å². The van der Waals surface area contributed by atoms with Gasteiger partial charge in [-0.15, -0.1) is 0 Å². The normalized spacial score (nSPS) is 12.5. The minimum atomic E-state index is -1.23. The van der Waals surface area contributed by atoms with Gasteiger partial charge in [0.1, 0.15) is 7.05 Å². The predicted octanol–water partition coefficient (Wildman–Crippen LogP) is -1.09. The van der Waals surface area contributed by atoms with Crippen LogP contribution in [0, 0.1) is 0 Å². The molecule has 0 amide bonds. The van der Waals surface area contributed by atoms with Gasteiger partial charge in [0.2, 0.25) is 12.4 Å². The Hall–Kier alpha value is -0.970. The lowest BCUT2D eigenvalue weighted by atomic mass is 10.7. The molecule has 0 bridgehead atoms. The van der Waals surface area contributed by atoms with Gasteiger partial charge >= 0.3 is 0 Å². The first-order chi connectivity index (χ1) is 5.72. The molecule has 1 unspecified atom stereocenters.